The minimum atomic E-state index is -0.521. The average molecular weight is 282 g/mol. The van der Waals surface area contributed by atoms with E-state index in [0.29, 0.717) is 5.82 Å². The normalized spacial score (nSPS) is 17.3. The number of nitro groups is 1. The quantitative estimate of drug-likeness (QED) is 0.637. The monoisotopic (exact) mass is 282 g/mol. The van der Waals surface area contributed by atoms with Crippen molar-refractivity contribution in [3.05, 3.63) is 22.2 Å². The molecule has 104 valence electrons. The Kier molecular flexibility index (Phi) is 4.14. The molecule has 1 fully saturated rings. The van der Waals surface area contributed by atoms with E-state index in [0.717, 1.165) is 6.54 Å². The van der Waals surface area contributed by atoms with Crippen LogP contribution in [0.15, 0.2) is 12.1 Å². The van der Waals surface area contributed by atoms with Crippen LogP contribution in [0.1, 0.15) is 25.7 Å². The Morgan fingerprint density at radius 3 is 2.74 bits per heavy atom. The second-order valence-corrected chi connectivity index (χ2v) is 6.08. The minimum absolute atomic E-state index is 0.0420. The van der Waals surface area contributed by atoms with Gasteiger partial charge in [0.15, 0.2) is 0 Å². The first kappa shape index (κ1) is 13.9. The molecular formula is C12H18N4O2S. The van der Waals surface area contributed by atoms with Gasteiger partial charge in [0.2, 0.25) is 5.82 Å². The Morgan fingerprint density at radius 1 is 1.53 bits per heavy atom. The molecular weight excluding hydrogens is 264 g/mol. The standard InChI is InChI=1S/C12H18N4O2S/c1-19-12(6-2-3-7-12)8-14-10-5-4-9(16(17)18)11(13)15-10/h4-5H,2-3,6-8H2,1H3,(H3,13,14,15). The largest absolute Gasteiger partial charge is 0.378 e. The third-order valence-corrected chi connectivity index (χ3v) is 5.06. The zero-order valence-electron chi connectivity index (χ0n) is 10.9. The number of thioether (sulfide) groups is 1. The summed E-state index contributed by atoms with van der Waals surface area (Å²) >= 11 is 1.88. The van der Waals surface area contributed by atoms with Crippen LogP contribution in [0.25, 0.3) is 0 Å². The summed E-state index contributed by atoms with van der Waals surface area (Å²) in [6.45, 7) is 0.818. The Labute approximate surface area is 116 Å². The second kappa shape index (κ2) is 5.64. The number of rotatable bonds is 5. The molecule has 0 amide bonds. The molecule has 0 atom stereocenters. The van der Waals surface area contributed by atoms with E-state index in [1.165, 1.54) is 31.7 Å². The Bertz CT molecular complexity index is 475. The number of nitrogens with two attached hydrogens (primary N) is 1. The first-order valence-electron chi connectivity index (χ1n) is 6.26. The highest BCUT2D eigenvalue weighted by Crippen LogP contribution is 2.40. The van der Waals surface area contributed by atoms with E-state index in [4.69, 9.17) is 5.73 Å². The molecule has 2 rings (SSSR count). The highest BCUT2D eigenvalue weighted by atomic mass is 32.2. The van der Waals surface area contributed by atoms with Gasteiger partial charge in [-0.2, -0.15) is 11.8 Å². The zero-order valence-corrected chi connectivity index (χ0v) is 11.7. The molecule has 7 heteroatoms. The number of nitrogens with one attached hydrogen (secondary N) is 1. The SMILES string of the molecule is CSC1(CNc2ccc([N+](=O)[O-])c(N)n2)CCCC1. The molecule has 19 heavy (non-hydrogen) atoms. The lowest BCUT2D eigenvalue weighted by atomic mass is 10.1. The van der Waals surface area contributed by atoms with Gasteiger partial charge in [-0.05, 0) is 25.2 Å². The van der Waals surface area contributed by atoms with E-state index >= 15 is 0 Å². The van der Waals surface area contributed by atoms with Crippen LogP contribution in [0.4, 0.5) is 17.3 Å². The fourth-order valence-corrected chi connectivity index (χ4v) is 3.36. The maximum absolute atomic E-state index is 10.7. The van der Waals surface area contributed by atoms with E-state index in [-0.39, 0.29) is 16.3 Å². The number of anilines is 2. The van der Waals surface area contributed by atoms with Crippen molar-refractivity contribution in [1.29, 1.82) is 0 Å². The van der Waals surface area contributed by atoms with E-state index in [1.807, 2.05) is 11.8 Å². The van der Waals surface area contributed by atoms with Gasteiger partial charge in [0, 0.05) is 17.4 Å². The summed E-state index contributed by atoms with van der Waals surface area (Å²) in [6.07, 6.45) is 7.05. The van der Waals surface area contributed by atoms with Gasteiger partial charge in [0.1, 0.15) is 5.82 Å². The number of hydrogen-bond acceptors (Lipinski definition) is 6. The topological polar surface area (TPSA) is 94.1 Å². The maximum atomic E-state index is 10.7. The number of nitrogen functional groups attached to an aromatic ring is 1. The van der Waals surface area contributed by atoms with Crippen molar-refractivity contribution in [1.82, 2.24) is 4.98 Å². The van der Waals surface area contributed by atoms with Gasteiger partial charge in [-0.15, -0.1) is 0 Å². The van der Waals surface area contributed by atoms with Gasteiger partial charge in [0.05, 0.1) is 4.92 Å². The molecule has 0 unspecified atom stereocenters. The highest BCUT2D eigenvalue weighted by molar-refractivity contribution is 8.00. The van der Waals surface area contributed by atoms with Gasteiger partial charge in [0.25, 0.3) is 0 Å². The lowest BCUT2D eigenvalue weighted by molar-refractivity contribution is -0.384. The van der Waals surface area contributed by atoms with Gasteiger partial charge in [-0.3, -0.25) is 10.1 Å². The molecule has 0 radical (unpaired) electrons. The van der Waals surface area contributed by atoms with E-state index in [2.05, 4.69) is 16.6 Å². The summed E-state index contributed by atoms with van der Waals surface area (Å²) in [5, 5.41) is 13.9. The zero-order chi connectivity index (χ0) is 13.9. The smallest absolute Gasteiger partial charge is 0.311 e. The van der Waals surface area contributed by atoms with E-state index in [9.17, 15) is 10.1 Å². The third-order valence-electron chi connectivity index (χ3n) is 3.64. The van der Waals surface area contributed by atoms with Crippen LogP contribution in [0.5, 0.6) is 0 Å². The van der Waals surface area contributed by atoms with Crippen molar-refractivity contribution in [3.8, 4) is 0 Å². The molecule has 1 saturated carbocycles. The van der Waals surface area contributed by atoms with Gasteiger partial charge < -0.3 is 11.1 Å². The second-order valence-electron chi connectivity index (χ2n) is 4.81. The molecule has 0 aliphatic heterocycles. The molecule has 1 heterocycles. The Morgan fingerprint density at radius 2 is 2.21 bits per heavy atom. The lowest BCUT2D eigenvalue weighted by Gasteiger charge is -2.27. The predicted molar refractivity (Wildman–Crippen MR) is 78.5 cm³/mol. The van der Waals surface area contributed by atoms with Crippen molar-refractivity contribution in [2.45, 2.75) is 30.4 Å². The lowest BCUT2D eigenvalue weighted by Crippen LogP contribution is -2.30. The molecule has 0 saturated heterocycles. The fourth-order valence-electron chi connectivity index (χ4n) is 2.44. The molecule has 1 aromatic rings. The molecule has 6 nitrogen and oxygen atoms in total. The highest BCUT2D eigenvalue weighted by Gasteiger charge is 2.32. The molecule has 3 N–H and O–H groups in total. The molecule has 1 aromatic heterocycles. The van der Waals surface area contributed by atoms with E-state index < -0.39 is 4.92 Å². The van der Waals surface area contributed by atoms with Crippen molar-refractivity contribution < 1.29 is 4.92 Å². The number of pyridine rings is 1. The van der Waals surface area contributed by atoms with Gasteiger partial charge in [-0.25, -0.2) is 4.98 Å². The third kappa shape index (κ3) is 3.09. The summed E-state index contributed by atoms with van der Waals surface area (Å²) in [7, 11) is 0. The first-order valence-corrected chi connectivity index (χ1v) is 7.49. The minimum Gasteiger partial charge on any atom is -0.378 e. The Hall–Kier alpha value is -1.50. The predicted octanol–water partition coefficient (Wildman–Crippen LogP) is 2.66. The summed E-state index contributed by atoms with van der Waals surface area (Å²) < 4.78 is 0.262. The van der Waals surface area contributed by atoms with Crippen molar-refractivity contribution in [3.63, 3.8) is 0 Å². The van der Waals surface area contributed by atoms with Crippen molar-refractivity contribution in [2.75, 3.05) is 23.9 Å². The number of aromatic nitrogens is 1. The van der Waals surface area contributed by atoms with Crippen LogP contribution >= 0.6 is 11.8 Å². The molecule has 1 aliphatic rings. The molecule has 0 bridgehead atoms. The van der Waals surface area contributed by atoms with Crippen molar-refractivity contribution in [2.24, 2.45) is 0 Å². The summed E-state index contributed by atoms with van der Waals surface area (Å²) in [5.41, 5.74) is 5.43. The molecule has 0 spiro atoms. The van der Waals surface area contributed by atoms with E-state index in [1.54, 1.807) is 6.07 Å². The van der Waals surface area contributed by atoms with Crippen LogP contribution in [0.2, 0.25) is 0 Å². The Balaban J connectivity index is 2.03. The maximum Gasteiger partial charge on any atom is 0.311 e. The number of nitrogens with zero attached hydrogens (tertiary/aromatic N) is 2. The summed E-state index contributed by atoms with van der Waals surface area (Å²) in [6, 6.07) is 3.00. The van der Waals surface area contributed by atoms with Crippen LogP contribution in [0, 0.1) is 10.1 Å². The molecule has 0 aromatic carbocycles. The van der Waals surface area contributed by atoms with Crippen molar-refractivity contribution >= 4 is 29.1 Å². The summed E-state index contributed by atoms with van der Waals surface area (Å²) in [5.74, 6) is 0.558. The fraction of sp³-hybridized carbons (Fsp3) is 0.583. The van der Waals surface area contributed by atoms with Crippen LogP contribution < -0.4 is 11.1 Å². The number of hydrogen-bond donors (Lipinski definition) is 2. The van der Waals surface area contributed by atoms with Gasteiger partial charge >= 0.3 is 5.69 Å². The first-order chi connectivity index (χ1) is 9.06. The molecule has 1 aliphatic carbocycles. The van der Waals surface area contributed by atoms with Gasteiger partial charge in [-0.1, -0.05) is 12.8 Å². The van der Waals surface area contributed by atoms with Crippen LogP contribution in [-0.2, 0) is 0 Å². The average Bonchev–Trinajstić information content (AvgIpc) is 2.85. The summed E-state index contributed by atoms with van der Waals surface area (Å²) in [4.78, 5) is 14.2. The van der Waals surface area contributed by atoms with Crippen LogP contribution in [0.3, 0.4) is 0 Å². The van der Waals surface area contributed by atoms with Crippen LogP contribution in [-0.4, -0.2) is 27.5 Å².